The summed E-state index contributed by atoms with van der Waals surface area (Å²) in [5.41, 5.74) is 13.2. The summed E-state index contributed by atoms with van der Waals surface area (Å²) in [7, 11) is 0. The molecule has 0 N–H and O–H groups in total. The van der Waals surface area contributed by atoms with Gasteiger partial charge in [-0.1, -0.05) is 119 Å². The zero-order valence-electron chi connectivity index (χ0n) is 30.2. The van der Waals surface area contributed by atoms with Crippen molar-refractivity contribution in [1.82, 2.24) is 14.1 Å². The van der Waals surface area contributed by atoms with Crippen LogP contribution >= 0.6 is 15.9 Å². The summed E-state index contributed by atoms with van der Waals surface area (Å²) in [4.78, 5) is 7.41. The van der Waals surface area contributed by atoms with Crippen LogP contribution in [0, 0.1) is 0 Å². The van der Waals surface area contributed by atoms with Crippen molar-refractivity contribution in [2.45, 2.75) is 0 Å². The van der Waals surface area contributed by atoms with Crippen molar-refractivity contribution >= 4 is 87.5 Å². The first-order valence-electron chi connectivity index (χ1n) is 18.8. The third-order valence-electron chi connectivity index (χ3n) is 11.0. The van der Waals surface area contributed by atoms with Gasteiger partial charge >= 0.3 is 0 Å². The third-order valence-corrected chi connectivity index (χ3v) is 11.7. The normalized spacial score (nSPS) is 11.7. The van der Waals surface area contributed by atoms with Gasteiger partial charge in [0.25, 0.3) is 0 Å². The maximum Gasteiger partial charge on any atom is 0.0959 e. The van der Waals surface area contributed by atoms with E-state index in [1.54, 1.807) is 0 Å². The van der Waals surface area contributed by atoms with Gasteiger partial charge in [-0.15, -0.1) is 0 Å². The van der Waals surface area contributed by atoms with Crippen LogP contribution in [0.25, 0.3) is 77.0 Å². The monoisotopic (exact) mass is 780 g/mol. The number of rotatable bonds is 6. The van der Waals surface area contributed by atoms with Crippen molar-refractivity contribution < 1.29 is 0 Å². The zero-order valence-corrected chi connectivity index (χ0v) is 31.8. The van der Waals surface area contributed by atoms with Crippen LogP contribution in [-0.2, 0) is 0 Å². The van der Waals surface area contributed by atoms with E-state index >= 15 is 0 Å². The Kier molecular flexibility index (Phi) is 7.61. The number of para-hydroxylation sites is 4. The van der Waals surface area contributed by atoms with E-state index < -0.39 is 0 Å². The predicted octanol–water partition coefficient (Wildman–Crippen LogP) is 14.3. The molecule has 4 nitrogen and oxygen atoms in total. The molecule has 0 aliphatic rings. The molecule has 0 spiro atoms. The topological polar surface area (TPSA) is 26.0 Å². The third kappa shape index (κ3) is 5.09. The highest BCUT2D eigenvalue weighted by Crippen LogP contribution is 2.44. The molecule has 0 bridgehead atoms. The molecule has 3 aromatic heterocycles. The van der Waals surface area contributed by atoms with Gasteiger partial charge in [-0.25, -0.2) is 0 Å². The number of anilines is 3. The van der Waals surface area contributed by atoms with Gasteiger partial charge in [-0.05, 0) is 102 Å². The maximum absolute atomic E-state index is 5.07. The molecule has 56 heavy (non-hydrogen) atoms. The number of aromatic nitrogens is 3. The van der Waals surface area contributed by atoms with E-state index in [-0.39, 0.29) is 0 Å². The van der Waals surface area contributed by atoms with E-state index in [4.69, 9.17) is 4.98 Å². The van der Waals surface area contributed by atoms with Gasteiger partial charge in [0.2, 0.25) is 0 Å². The minimum Gasteiger partial charge on any atom is -0.309 e. The van der Waals surface area contributed by atoms with Gasteiger partial charge in [0.15, 0.2) is 0 Å². The zero-order chi connectivity index (χ0) is 37.2. The highest BCUT2D eigenvalue weighted by atomic mass is 79.9. The second-order valence-corrected chi connectivity index (χ2v) is 15.0. The molecule has 264 valence electrons. The summed E-state index contributed by atoms with van der Waals surface area (Å²) < 4.78 is 5.73. The summed E-state index contributed by atoms with van der Waals surface area (Å²) in [6, 6.07) is 69.5. The summed E-state index contributed by atoms with van der Waals surface area (Å²) in [5, 5.41) is 6.07. The molecule has 0 saturated carbocycles. The number of benzene rings is 8. The summed E-state index contributed by atoms with van der Waals surface area (Å²) in [6.07, 6.45) is 1.93. The second kappa shape index (κ2) is 13.1. The van der Waals surface area contributed by atoms with Gasteiger partial charge in [0.05, 0.1) is 33.3 Å². The maximum atomic E-state index is 5.07. The van der Waals surface area contributed by atoms with Gasteiger partial charge in [-0.3, -0.25) is 4.98 Å². The minimum absolute atomic E-state index is 0.915. The van der Waals surface area contributed by atoms with Crippen LogP contribution in [0.3, 0.4) is 0 Å². The van der Waals surface area contributed by atoms with Crippen molar-refractivity contribution in [3.05, 3.63) is 205 Å². The molecule has 0 unspecified atom stereocenters. The van der Waals surface area contributed by atoms with Crippen molar-refractivity contribution in [3.63, 3.8) is 0 Å². The first kappa shape index (κ1) is 32.5. The lowest BCUT2D eigenvalue weighted by atomic mass is 10.00. The summed E-state index contributed by atoms with van der Waals surface area (Å²) >= 11 is 3.92. The molecule has 0 radical (unpaired) electrons. The molecule has 0 amide bonds. The number of halogens is 1. The fourth-order valence-electron chi connectivity index (χ4n) is 8.58. The highest BCUT2D eigenvalue weighted by molar-refractivity contribution is 9.10. The number of fused-ring (bicyclic) bond motifs is 7. The smallest absolute Gasteiger partial charge is 0.0959 e. The Morgan fingerprint density at radius 3 is 1.30 bits per heavy atom. The van der Waals surface area contributed by atoms with Crippen LogP contribution < -0.4 is 4.90 Å². The van der Waals surface area contributed by atoms with E-state index in [0.29, 0.717) is 0 Å². The molecule has 5 heteroatoms. The minimum atomic E-state index is 0.915. The Hall–Kier alpha value is -6.95. The second-order valence-electron chi connectivity index (χ2n) is 14.1. The molecule has 11 rings (SSSR count). The van der Waals surface area contributed by atoms with E-state index in [0.717, 1.165) is 54.9 Å². The Bertz CT molecular complexity index is 2990. The molecular weight excluding hydrogens is 748 g/mol. The molecular formula is C51H33BrN4. The molecule has 0 atom stereocenters. The van der Waals surface area contributed by atoms with Crippen molar-refractivity contribution in [3.8, 4) is 22.5 Å². The highest BCUT2D eigenvalue weighted by Gasteiger charge is 2.21. The van der Waals surface area contributed by atoms with Crippen LogP contribution in [0.2, 0.25) is 0 Å². The molecule has 0 fully saturated rings. The van der Waals surface area contributed by atoms with Crippen molar-refractivity contribution in [1.29, 1.82) is 0 Å². The Labute approximate surface area is 332 Å². The standard InChI is InChI=1S/C51H33BrN4/c52-44-30-31-49(51-50(44)39(32-33-53-51)34-12-2-1-3-13-34)54(35-22-26-37(27-23-35)55-45-18-8-4-14-40(45)41-15-5-9-19-46(41)55)36-24-28-38(29-25-36)56-47-20-10-6-16-42(47)43-17-7-11-21-48(43)56/h1-33H. The summed E-state index contributed by atoms with van der Waals surface area (Å²) in [5.74, 6) is 0. The fraction of sp³-hybridized carbons (Fsp3) is 0. The molecule has 8 aromatic carbocycles. The number of pyridine rings is 1. The first-order valence-corrected chi connectivity index (χ1v) is 19.6. The fourth-order valence-corrected chi connectivity index (χ4v) is 9.11. The molecule has 11 aromatic rings. The van der Waals surface area contributed by atoms with E-state index in [9.17, 15) is 0 Å². The van der Waals surface area contributed by atoms with Crippen LogP contribution in [0.15, 0.2) is 205 Å². The quantitative estimate of drug-likeness (QED) is 0.168. The molecule has 3 heterocycles. The van der Waals surface area contributed by atoms with E-state index in [2.05, 4.69) is 224 Å². The van der Waals surface area contributed by atoms with Crippen molar-refractivity contribution in [2.24, 2.45) is 0 Å². The average Bonchev–Trinajstić information content (AvgIpc) is 3.78. The number of hydrogen-bond donors (Lipinski definition) is 0. The molecule has 0 aliphatic heterocycles. The van der Waals surface area contributed by atoms with E-state index in [1.807, 2.05) is 6.20 Å². The van der Waals surface area contributed by atoms with Gasteiger partial charge < -0.3 is 14.0 Å². The Balaban J connectivity index is 1.10. The number of nitrogens with zero attached hydrogens (tertiary/aromatic N) is 4. The van der Waals surface area contributed by atoms with Gasteiger partial charge in [-0.2, -0.15) is 0 Å². The average molecular weight is 782 g/mol. The van der Waals surface area contributed by atoms with Crippen LogP contribution in [0.1, 0.15) is 0 Å². The van der Waals surface area contributed by atoms with E-state index in [1.165, 1.54) is 43.6 Å². The van der Waals surface area contributed by atoms with Crippen LogP contribution in [0.5, 0.6) is 0 Å². The lowest BCUT2D eigenvalue weighted by molar-refractivity contribution is 1.17. The van der Waals surface area contributed by atoms with Crippen LogP contribution in [-0.4, -0.2) is 14.1 Å². The summed E-state index contributed by atoms with van der Waals surface area (Å²) in [6.45, 7) is 0. The largest absolute Gasteiger partial charge is 0.309 e. The SMILES string of the molecule is Brc1ccc(N(c2ccc(-n3c4ccccc4c4ccccc43)cc2)c2ccc(-n3c4ccccc4c4ccccc43)cc2)c2nccc(-c3ccccc3)c12. The lowest BCUT2D eigenvalue weighted by Crippen LogP contribution is -2.11. The van der Waals surface area contributed by atoms with Crippen molar-refractivity contribution in [2.75, 3.05) is 4.90 Å². The molecule has 0 saturated heterocycles. The van der Waals surface area contributed by atoms with Gasteiger partial charge in [0.1, 0.15) is 0 Å². The number of hydrogen-bond acceptors (Lipinski definition) is 2. The predicted molar refractivity (Wildman–Crippen MR) is 238 cm³/mol. The van der Waals surface area contributed by atoms with Gasteiger partial charge in [0, 0.05) is 60.4 Å². The first-order chi connectivity index (χ1) is 27.7. The van der Waals surface area contributed by atoms with Crippen LogP contribution in [0.4, 0.5) is 17.1 Å². The molecule has 0 aliphatic carbocycles. The Morgan fingerprint density at radius 2 is 0.839 bits per heavy atom. The lowest BCUT2D eigenvalue weighted by Gasteiger charge is -2.27. The Morgan fingerprint density at radius 1 is 0.411 bits per heavy atom.